The molecule has 10 heteroatoms. The number of ether oxygens (including phenoxy) is 2. The summed E-state index contributed by atoms with van der Waals surface area (Å²) in [6.45, 7) is 7.15. The van der Waals surface area contributed by atoms with Crippen molar-refractivity contribution in [2.45, 2.75) is 38.1 Å². The molecular weight excluding hydrogens is 446 g/mol. The predicted molar refractivity (Wildman–Crippen MR) is 138 cm³/mol. The summed E-state index contributed by atoms with van der Waals surface area (Å²) >= 11 is 0. The van der Waals surface area contributed by atoms with E-state index in [-0.39, 0.29) is 5.91 Å². The third-order valence-electron chi connectivity index (χ3n) is 5.45. The summed E-state index contributed by atoms with van der Waals surface area (Å²) in [5.41, 5.74) is 0.641. The van der Waals surface area contributed by atoms with Gasteiger partial charge in [-0.3, -0.25) is 4.79 Å². The number of amides is 1. The molecule has 1 aromatic heterocycles. The lowest BCUT2D eigenvalue weighted by atomic mass is 9.96. The number of aromatic nitrogens is 3. The lowest BCUT2D eigenvalue weighted by molar-refractivity contribution is 0.0519. The summed E-state index contributed by atoms with van der Waals surface area (Å²) < 4.78 is 11.1. The average Bonchev–Trinajstić information content (AvgIpc) is 2.89. The molecule has 190 valence electrons. The molecule has 3 rings (SSSR count). The first-order valence-corrected chi connectivity index (χ1v) is 12.3. The summed E-state index contributed by atoms with van der Waals surface area (Å²) in [6, 6.07) is 9.52. The first-order valence-electron chi connectivity index (χ1n) is 12.3. The van der Waals surface area contributed by atoms with E-state index in [4.69, 9.17) is 9.47 Å². The van der Waals surface area contributed by atoms with Crippen molar-refractivity contribution in [3.8, 4) is 0 Å². The summed E-state index contributed by atoms with van der Waals surface area (Å²) in [7, 11) is 0. The minimum absolute atomic E-state index is 0.102. The Morgan fingerprint density at radius 1 is 0.886 bits per heavy atom. The van der Waals surface area contributed by atoms with E-state index in [1.165, 1.54) is 19.3 Å². The highest BCUT2D eigenvalue weighted by molar-refractivity contribution is 5.94. The molecule has 0 bridgehead atoms. The standard InChI is InChI=1S/C25H37N7O3/c1-2-13-27-23-30-24(32-25(31-23)29-21-11-7-4-8-12-21)28-15-17-35-19-18-34-16-14-26-22(33)20-9-5-3-6-10-20/h2-3,5-6,9-10,21H,1,4,7-8,11-19H2,(H,26,33)(H3,27,28,29,30,31,32). The van der Waals surface area contributed by atoms with E-state index >= 15 is 0 Å². The molecule has 35 heavy (non-hydrogen) atoms. The van der Waals surface area contributed by atoms with Gasteiger partial charge in [-0.1, -0.05) is 43.5 Å². The van der Waals surface area contributed by atoms with E-state index in [2.05, 4.69) is 42.8 Å². The second-order valence-corrected chi connectivity index (χ2v) is 8.23. The van der Waals surface area contributed by atoms with Crippen LogP contribution in [-0.2, 0) is 9.47 Å². The highest BCUT2D eigenvalue weighted by atomic mass is 16.5. The van der Waals surface area contributed by atoms with Gasteiger partial charge in [-0.25, -0.2) is 0 Å². The second kappa shape index (κ2) is 15.6. The quantitative estimate of drug-likeness (QED) is 0.211. The monoisotopic (exact) mass is 483 g/mol. The third kappa shape index (κ3) is 10.3. The first kappa shape index (κ1) is 26.4. The summed E-state index contributed by atoms with van der Waals surface area (Å²) in [5.74, 6) is 1.48. The molecule has 1 heterocycles. The van der Waals surface area contributed by atoms with Crippen LogP contribution in [0.4, 0.5) is 17.8 Å². The van der Waals surface area contributed by atoms with E-state index in [1.54, 1.807) is 18.2 Å². The Bertz CT molecular complexity index is 892. The van der Waals surface area contributed by atoms with Crippen LogP contribution in [0, 0.1) is 0 Å². The zero-order valence-electron chi connectivity index (χ0n) is 20.3. The van der Waals surface area contributed by atoms with E-state index in [0.717, 1.165) is 12.8 Å². The third-order valence-corrected chi connectivity index (χ3v) is 5.45. The summed E-state index contributed by atoms with van der Waals surface area (Å²) in [6.07, 6.45) is 7.80. The molecule has 1 saturated carbocycles. The number of benzene rings is 1. The Balaban J connectivity index is 1.29. The molecule has 10 nitrogen and oxygen atoms in total. The normalized spacial score (nSPS) is 13.7. The summed E-state index contributed by atoms with van der Waals surface area (Å²) in [5, 5.41) is 12.6. The van der Waals surface area contributed by atoms with Crippen LogP contribution in [0.5, 0.6) is 0 Å². The van der Waals surface area contributed by atoms with Crippen LogP contribution < -0.4 is 21.3 Å². The van der Waals surface area contributed by atoms with Crippen LogP contribution >= 0.6 is 0 Å². The van der Waals surface area contributed by atoms with Crippen LogP contribution in [0.25, 0.3) is 0 Å². The smallest absolute Gasteiger partial charge is 0.251 e. The van der Waals surface area contributed by atoms with E-state index in [9.17, 15) is 4.79 Å². The number of hydrogen-bond acceptors (Lipinski definition) is 9. The maximum absolute atomic E-state index is 11.9. The number of carbonyl (C=O) groups excluding carboxylic acids is 1. The van der Waals surface area contributed by atoms with Gasteiger partial charge in [0.05, 0.1) is 26.4 Å². The molecule has 1 fully saturated rings. The van der Waals surface area contributed by atoms with Gasteiger partial charge in [-0.2, -0.15) is 15.0 Å². The molecule has 1 aromatic carbocycles. The Hall–Kier alpha value is -3.24. The molecule has 0 aliphatic heterocycles. The van der Waals surface area contributed by atoms with Gasteiger partial charge < -0.3 is 30.7 Å². The average molecular weight is 484 g/mol. The Kier molecular flexibility index (Phi) is 11.8. The minimum atomic E-state index is -0.102. The zero-order valence-corrected chi connectivity index (χ0v) is 20.3. The van der Waals surface area contributed by atoms with Gasteiger partial charge in [-0.05, 0) is 25.0 Å². The van der Waals surface area contributed by atoms with Crippen molar-refractivity contribution in [1.29, 1.82) is 0 Å². The molecule has 0 unspecified atom stereocenters. The second-order valence-electron chi connectivity index (χ2n) is 8.23. The Morgan fingerprint density at radius 2 is 1.54 bits per heavy atom. The van der Waals surface area contributed by atoms with E-state index in [1.807, 2.05) is 18.2 Å². The van der Waals surface area contributed by atoms with Gasteiger partial charge in [0.15, 0.2) is 0 Å². The Morgan fingerprint density at radius 3 is 2.26 bits per heavy atom. The number of hydrogen-bond donors (Lipinski definition) is 4. The van der Waals surface area contributed by atoms with Crippen molar-refractivity contribution in [2.24, 2.45) is 0 Å². The molecule has 1 amide bonds. The Labute approximate surface area is 207 Å². The molecule has 1 aliphatic carbocycles. The molecule has 0 radical (unpaired) electrons. The highest BCUT2D eigenvalue weighted by Crippen LogP contribution is 2.21. The van der Waals surface area contributed by atoms with Crippen molar-refractivity contribution in [3.05, 3.63) is 48.6 Å². The molecule has 4 N–H and O–H groups in total. The number of anilines is 3. The molecule has 0 spiro atoms. The van der Waals surface area contributed by atoms with Crippen molar-refractivity contribution in [3.63, 3.8) is 0 Å². The maximum Gasteiger partial charge on any atom is 0.251 e. The van der Waals surface area contributed by atoms with Crippen LogP contribution in [0.3, 0.4) is 0 Å². The number of carbonyl (C=O) groups is 1. The molecule has 0 atom stereocenters. The topological polar surface area (TPSA) is 122 Å². The fraction of sp³-hybridized carbons (Fsp3) is 0.520. The fourth-order valence-electron chi connectivity index (χ4n) is 3.68. The SMILES string of the molecule is C=CCNc1nc(NCCOCCOCCNC(=O)c2ccccc2)nc(NC2CCCCC2)n1. The largest absolute Gasteiger partial charge is 0.377 e. The molecular formula is C25H37N7O3. The highest BCUT2D eigenvalue weighted by Gasteiger charge is 2.15. The minimum Gasteiger partial charge on any atom is -0.377 e. The van der Waals surface area contributed by atoms with Gasteiger partial charge in [0.1, 0.15) is 0 Å². The van der Waals surface area contributed by atoms with E-state index < -0.39 is 0 Å². The first-order chi connectivity index (χ1) is 17.2. The zero-order chi connectivity index (χ0) is 24.6. The van der Waals surface area contributed by atoms with Crippen LogP contribution in [-0.4, -0.2) is 73.0 Å². The van der Waals surface area contributed by atoms with Crippen LogP contribution in [0.2, 0.25) is 0 Å². The fourth-order valence-corrected chi connectivity index (χ4v) is 3.68. The van der Waals surface area contributed by atoms with Gasteiger partial charge >= 0.3 is 0 Å². The van der Waals surface area contributed by atoms with Crippen LogP contribution in [0.15, 0.2) is 43.0 Å². The van der Waals surface area contributed by atoms with Crippen molar-refractivity contribution >= 4 is 23.8 Å². The van der Waals surface area contributed by atoms with Gasteiger partial charge in [0, 0.05) is 31.2 Å². The lowest BCUT2D eigenvalue weighted by Crippen LogP contribution is -2.27. The van der Waals surface area contributed by atoms with E-state index in [0.29, 0.717) is 75.5 Å². The van der Waals surface area contributed by atoms with Crippen molar-refractivity contribution in [2.75, 3.05) is 62.0 Å². The van der Waals surface area contributed by atoms with Crippen LogP contribution in [0.1, 0.15) is 42.5 Å². The summed E-state index contributed by atoms with van der Waals surface area (Å²) in [4.78, 5) is 25.4. The number of nitrogens with one attached hydrogen (secondary N) is 4. The van der Waals surface area contributed by atoms with Gasteiger partial charge in [0.2, 0.25) is 17.8 Å². The van der Waals surface area contributed by atoms with Gasteiger partial charge in [0.25, 0.3) is 5.91 Å². The molecule has 0 saturated heterocycles. The van der Waals surface area contributed by atoms with Gasteiger partial charge in [-0.15, -0.1) is 6.58 Å². The lowest BCUT2D eigenvalue weighted by Gasteiger charge is -2.23. The molecule has 1 aliphatic rings. The molecule has 2 aromatic rings. The van der Waals surface area contributed by atoms with Crippen molar-refractivity contribution < 1.29 is 14.3 Å². The number of rotatable bonds is 16. The maximum atomic E-state index is 11.9. The van der Waals surface area contributed by atoms with Crippen molar-refractivity contribution in [1.82, 2.24) is 20.3 Å². The number of nitrogens with zero attached hydrogens (tertiary/aromatic N) is 3. The predicted octanol–water partition coefficient (Wildman–Crippen LogP) is 3.09.